The number of carboxylic acids is 1. The lowest BCUT2D eigenvalue weighted by Crippen LogP contribution is -2.53. The molecule has 0 aliphatic rings. The Balaban J connectivity index is 2.18. The number of carboxylic acid groups (broad SMARTS) is 1. The third-order valence-electron chi connectivity index (χ3n) is 5.26. The van der Waals surface area contributed by atoms with Gasteiger partial charge in [-0.2, -0.15) is 0 Å². The van der Waals surface area contributed by atoms with Gasteiger partial charge < -0.3 is 16.2 Å². The van der Waals surface area contributed by atoms with Crippen LogP contribution in [0.1, 0.15) is 29.5 Å². The van der Waals surface area contributed by atoms with Crippen LogP contribution in [-0.2, 0) is 19.8 Å². The summed E-state index contributed by atoms with van der Waals surface area (Å²) < 4.78 is 0. The lowest BCUT2D eigenvalue weighted by atomic mass is 9.68. The number of nitrogens with one attached hydrogen (secondary N) is 1. The summed E-state index contributed by atoms with van der Waals surface area (Å²) in [6.07, 6.45) is -0.381. The molecule has 0 saturated carbocycles. The molecule has 0 heterocycles. The maximum atomic E-state index is 14.0. The van der Waals surface area contributed by atoms with Crippen LogP contribution in [0.4, 0.5) is 0 Å². The summed E-state index contributed by atoms with van der Waals surface area (Å²) in [5, 5.41) is 11.7. The Labute approximate surface area is 180 Å². The molecule has 31 heavy (non-hydrogen) atoms. The Morgan fingerprint density at radius 3 is 1.48 bits per heavy atom. The molecule has 0 unspecified atom stereocenters. The number of carbonyl (C=O) groups is 3. The number of hydrogen-bond acceptors (Lipinski definition) is 3. The number of rotatable bonds is 9. The lowest BCUT2D eigenvalue weighted by molar-refractivity contribution is -0.138. The predicted octanol–water partition coefficient (Wildman–Crippen LogP) is 2.86. The highest BCUT2D eigenvalue weighted by Gasteiger charge is 2.44. The summed E-state index contributed by atoms with van der Waals surface area (Å²) >= 11 is 0. The van der Waals surface area contributed by atoms with Gasteiger partial charge in [0.05, 0.1) is 0 Å². The first-order chi connectivity index (χ1) is 15.0. The third kappa shape index (κ3) is 4.64. The molecule has 3 aromatic rings. The number of aliphatic carboxylic acids is 1. The zero-order valence-electron chi connectivity index (χ0n) is 16.9. The van der Waals surface area contributed by atoms with Gasteiger partial charge in [0.2, 0.25) is 11.8 Å². The van der Waals surface area contributed by atoms with Crippen molar-refractivity contribution in [1.29, 1.82) is 0 Å². The maximum absolute atomic E-state index is 14.0. The number of nitrogens with two attached hydrogens (primary N) is 1. The molecule has 3 rings (SSSR count). The van der Waals surface area contributed by atoms with Crippen LogP contribution in [0.2, 0.25) is 0 Å². The zero-order valence-corrected chi connectivity index (χ0v) is 16.9. The number of benzene rings is 3. The number of primary amides is 1. The van der Waals surface area contributed by atoms with Gasteiger partial charge in [0.25, 0.3) is 0 Å². The van der Waals surface area contributed by atoms with E-state index in [1.54, 1.807) is 0 Å². The van der Waals surface area contributed by atoms with E-state index in [-0.39, 0.29) is 12.8 Å². The van der Waals surface area contributed by atoms with E-state index in [0.29, 0.717) is 16.7 Å². The van der Waals surface area contributed by atoms with Crippen molar-refractivity contribution in [2.24, 2.45) is 5.73 Å². The van der Waals surface area contributed by atoms with Crippen molar-refractivity contribution in [1.82, 2.24) is 5.32 Å². The summed E-state index contributed by atoms with van der Waals surface area (Å²) in [5.74, 6) is -2.30. The topological polar surface area (TPSA) is 109 Å². The maximum Gasteiger partial charge on any atom is 0.303 e. The minimum atomic E-state index is -1.26. The van der Waals surface area contributed by atoms with Gasteiger partial charge in [0.1, 0.15) is 11.5 Å². The molecule has 6 heteroatoms. The summed E-state index contributed by atoms with van der Waals surface area (Å²) in [4.78, 5) is 37.0. The highest BCUT2D eigenvalue weighted by molar-refractivity contribution is 5.98. The third-order valence-corrected chi connectivity index (χ3v) is 5.26. The van der Waals surface area contributed by atoms with Crippen LogP contribution in [0.3, 0.4) is 0 Å². The van der Waals surface area contributed by atoms with Crippen molar-refractivity contribution in [3.8, 4) is 0 Å². The quantitative estimate of drug-likeness (QED) is 0.466. The van der Waals surface area contributed by atoms with Crippen molar-refractivity contribution >= 4 is 17.8 Å². The van der Waals surface area contributed by atoms with Gasteiger partial charge in [-0.3, -0.25) is 14.4 Å². The van der Waals surface area contributed by atoms with Crippen LogP contribution in [0.15, 0.2) is 91.0 Å². The standard InChI is InChI=1S/C25H24N2O4/c26-23(30)21(16-17-22(28)29)27-24(31)25(18-10-4-1-5-11-18,19-12-6-2-7-13-19)20-14-8-3-9-15-20/h1-15,21H,16-17H2,(H2,26,30)(H,27,31)(H,28,29)/t21-/m1/s1. The Kier molecular flexibility index (Phi) is 6.82. The van der Waals surface area contributed by atoms with E-state index in [1.165, 1.54) is 0 Å². The molecular formula is C25H24N2O4. The molecule has 4 N–H and O–H groups in total. The van der Waals surface area contributed by atoms with E-state index < -0.39 is 29.2 Å². The Morgan fingerprint density at radius 1 is 0.774 bits per heavy atom. The van der Waals surface area contributed by atoms with Crippen molar-refractivity contribution in [3.05, 3.63) is 108 Å². The van der Waals surface area contributed by atoms with Gasteiger partial charge in [-0.05, 0) is 23.1 Å². The van der Waals surface area contributed by atoms with Crippen molar-refractivity contribution in [2.75, 3.05) is 0 Å². The first-order valence-electron chi connectivity index (χ1n) is 9.95. The molecule has 0 spiro atoms. The smallest absolute Gasteiger partial charge is 0.303 e. The molecule has 0 fully saturated rings. The Morgan fingerprint density at radius 2 is 1.16 bits per heavy atom. The molecule has 6 nitrogen and oxygen atoms in total. The average molecular weight is 416 g/mol. The van der Waals surface area contributed by atoms with E-state index in [0.717, 1.165) is 0 Å². The van der Waals surface area contributed by atoms with Gasteiger partial charge in [0.15, 0.2) is 0 Å². The van der Waals surface area contributed by atoms with Crippen LogP contribution in [0, 0.1) is 0 Å². The first kappa shape index (κ1) is 21.8. The number of amides is 2. The molecule has 0 radical (unpaired) electrons. The van der Waals surface area contributed by atoms with E-state index in [9.17, 15) is 14.4 Å². The first-order valence-corrected chi connectivity index (χ1v) is 9.95. The van der Waals surface area contributed by atoms with E-state index in [4.69, 9.17) is 10.8 Å². The second kappa shape index (κ2) is 9.71. The summed E-state index contributed by atoms with van der Waals surface area (Å²) in [7, 11) is 0. The normalized spacial score (nSPS) is 12.0. The molecule has 0 saturated heterocycles. The Hall–Kier alpha value is -3.93. The van der Waals surface area contributed by atoms with E-state index in [1.807, 2.05) is 91.0 Å². The average Bonchev–Trinajstić information content (AvgIpc) is 2.79. The monoisotopic (exact) mass is 416 g/mol. The van der Waals surface area contributed by atoms with Crippen molar-refractivity contribution in [3.63, 3.8) is 0 Å². The van der Waals surface area contributed by atoms with Crippen LogP contribution in [-0.4, -0.2) is 28.9 Å². The van der Waals surface area contributed by atoms with Crippen LogP contribution < -0.4 is 11.1 Å². The van der Waals surface area contributed by atoms with E-state index >= 15 is 0 Å². The highest BCUT2D eigenvalue weighted by atomic mass is 16.4. The minimum Gasteiger partial charge on any atom is -0.481 e. The fourth-order valence-corrected chi connectivity index (χ4v) is 3.78. The summed E-state index contributed by atoms with van der Waals surface area (Å²) in [6, 6.07) is 26.7. The van der Waals surface area contributed by atoms with Crippen LogP contribution in [0.25, 0.3) is 0 Å². The second-order valence-electron chi connectivity index (χ2n) is 7.21. The number of carbonyl (C=O) groups excluding carboxylic acids is 2. The molecule has 0 aliphatic heterocycles. The molecule has 2 amide bonds. The zero-order chi connectivity index (χ0) is 22.3. The van der Waals surface area contributed by atoms with Gasteiger partial charge in [0, 0.05) is 6.42 Å². The van der Waals surface area contributed by atoms with Crippen LogP contribution >= 0.6 is 0 Å². The fraction of sp³-hybridized carbons (Fsp3) is 0.160. The molecule has 158 valence electrons. The molecule has 0 aliphatic carbocycles. The second-order valence-corrected chi connectivity index (χ2v) is 7.21. The molecule has 0 aromatic heterocycles. The van der Waals surface area contributed by atoms with Crippen molar-refractivity contribution in [2.45, 2.75) is 24.3 Å². The summed E-state index contributed by atoms with van der Waals surface area (Å²) in [6.45, 7) is 0. The Bertz CT molecular complexity index is 940. The molecule has 3 aromatic carbocycles. The van der Waals surface area contributed by atoms with Gasteiger partial charge in [-0.15, -0.1) is 0 Å². The van der Waals surface area contributed by atoms with E-state index in [2.05, 4.69) is 5.32 Å². The molecular weight excluding hydrogens is 392 g/mol. The molecule has 0 bridgehead atoms. The van der Waals surface area contributed by atoms with Gasteiger partial charge in [-0.1, -0.05) is 91.0 Å². The molecule has 1 atom stereocenters. The minimum absolute atomic E-state index is 0.0924. The van der Waals surface area contributed by atoms with Gasteiger partial charge in [-0.25, -0.2) is 0 Å². The lowest BCUT2D eigenvalue weighted by Gasteiger charge is -2.35. The van der Waals surface area contributed by atoms with Gasteiger partial charge >= 0.3 is 5.97 Å². The SMILES string of the molecule is NC(=O)[C@@H](CCC(=O)O)NC(=O)C(c1ccccc1)(c1ccccc1)c1ccccc1. The van der Waals surface area contributed by atoms with Crippen LogP contribution in [0.5, 0.6) is 0 Å². The fourth-order valence-electron chi connectivity index (χ4n) is 3.78. The highest BCUT2D eigenvalue weighted by Crippen LogP contribution is 2.39. The summed E-state index contributed by atoms with van der Waals surface area (Å²) in [5.41, 5.74) is 6.36. The largest absolute Gasteiger partial charge is 0.481 e. The predicted molar refractivity (Wildman–Crippen MR) is 117 cm³/mol. The number of hydrogen-bond donors (Lipinski definition) is 3. The van der Waals surface area contributed by atoms with Crippen molar-refractivity contribution < 1.29 is 19.5 Å².